The second kappa shape index (κ2) is 4.76. The van der Waals surface area contributed by atoms with Gasteiger partial charge in [-0.05, 0) is 5.41 Å². The van der Waals surface area contributed by atoms with Crippen molar-refractivity contribution < 1.29 is 14.9 Å². The summed E-state index contributed by atoms with van der Waals surface area (Å²) >= 11 is 0. The van der Waals surface area contributed by atoms with Crippen molar-refractivity contribution in [2.75, 3.05) is 7.11 Å². The molecule has 16 heavy (non-hydrogen) atoms. The van der Waals surface area contributed by atoms with Gasteiger partial charge in [-0.3, -0.25) is 4.98 Å². The summed E-state index contributed by atoms with van der Waals surface area (Å²) in [5, 5.41) is 20.0. The minimum Gasteiger partial charge on any atom is -0.480 e. The van der Waals surface area contributed by atoms with Gasteiger partial charge in [0.05, 0.1) is 13.2 Å². The third kappa shape index (κ3) is 2.68. The van der Waals surface area contributed by atoms with Gasteiger partial charge in [-0.2, -0.15) is 0 Å². The lowest BCUT2D eigenvalue weighted by atomic mass is 9.85. The fraction of sp³-hybridized carbons (Fsp3) is 0.636. The molecule has 2 atom stereocenters. The van der Waals surface area contributed by atoms with Gasteiger partial charge in [0.2, 0.25) is 5.88 Å². The van der Waals surface area contributed by atoms with Crippen LogP contribution in [0.3, 0.4) is 0 Å². The van der Waals surface area contributed by atoms with E-state index < -0.39 is 17.6 Å². The smallest absolute Gasteiger partial charge is 0.238 e. The molecule has 1 rings (SSSR count). The van der Waals surface area contributed by atoms with Crippen LogP contribution in [0.4, 0.5) is 0 Å². The van der Waals surface area contributed by atoms with E-state index >= 15 is 0 Å². The fourth-order valence-corrected chi connectivity index (χ4v) is 1.32. The molecule has 0 bridgehead atoms. The molecule has 2 unspecified atom stereocenters. The van der Waals surface area contributed by atoms with Crippen LogP contribution >= 0.6 is 0 Å². The maximum absolute atomic E-state index is 10.0. The monoisotopic (exact) mass is 226 g/mol. The van der Waals surface area contributed by atoms with Crippen molar-refractivity contribution >= 4 is 0 Å². The van der Waals surface area contributed by atoms with E-state index in [2.05, 4.69) is 9.97 Å². The van der Waals surface area contributed by atoms with Gasteiger partial charge in [-0.25, -0.2) is 4.98 Å². The first kappa shape index (κ1) is 12.9. The van der Waals surface area contributed by atoms with E-state index in [-0.39, 0.29) is 11.6 Å². The van der Waals surface area contributed by atoms with Gasteiger partial charge < -0.3 is 14.9 Å². The van der Waals surface area contributed by atoms with Crippen molar-refractivity contribution in [3.63, 3.8) is 0 Å². The van der Waals surface area contributed by atoms with Crippen LogP contribution in [0.25, 0.3) is 0 Å². The van der Waals surface area contributed by atoms with E-state index in [0.717, 1.165) is 0 Å². The minimum atomic E-state index is -1.11. The average Bonchev–Trinajstić information content (AvgIpc) is 2.25. The van der Waals surface area contributed by atoms with Crippen molar-refractivity contribution in [3.8, 4) is 5.88 Å². The van der Waals surface area contributed by atoms with Crippen LogP contribution in [0, 0.1) is 5.41 Å². The highest BCUT2D eigenvalue weighted by Crippen LogP contribution is 2.31. The highest BCUT2D eigenvalue weighted by molar-refractivity contribution is 5.21. The summed E-state index contributed by atoms with van der Waals surface area (Å²) in [4.78, 5) is 7.91. The van der Waals surface area contributed by atoms with Crippen molar-refractivity contribution in [2.45, 2.75) is 33.0 Å². The van der Waals surface area contributed by atoms with Crippen LogP contribution in [-0.2, 0) is 0 Å². The molecule has 2 N–H and O–H groups in total. The second-order valence-corrected chi connectivity index (χ2v) is 4.71. The first-order valence-corrected chi connectivity index (χ1v) is 5.09. The number of hydrogen-bond donors (Lipinski definition) is 2. The van der Waals surface area contributed by atoms with E-state index in [1.165, 1.54) is 19.5 Å². The van der Waals surface area contributed by atoms with Crippen LogP contribution in [0.5, 0.6) is 5.88 Å². The molecule has 0 amide bonds. The Morgan fingerprint density at radius 3 is 2.25 bits per heavy atom. The molecule has 1 heterocycles. The lowest BCUT2D eigenvalue weighted by Gasteiger charge is -2.29. The maximum Gasteiger partial charge on any atom is 0.238 e. The minimum absolute atomic E-state index is 0.235. The Morgan fingerprint density at radius 2 is 1.75 bits per heavy atom. The summed E-state index contributed by atoms with van der Waals surface area (Å²) in [7, 11) is 1.45. The van der Waals surface area contributed by atoms with Crippen molar-refractivity contribution in [1.29, 1.82) is 0 Å². The molecule has 0 radical (unpaired) electrons. The first-order valence-electron chi connectivity index (χ1n) is 5.09. The van der Waals surface area contributed by atoms with Crippen LogP contribution in [0.2, 0.25) is 0 Å². The van der Waals surface area contributed by atoms with Gasteiger partial charge >= 0.3 is 0 Å². The van der Waals surface area contributed by atoms with Gasteiger partial charge in [0, 0.05) is 12.4 Å². The van der Waals surface area contributed by atoms with Crippen molar-refractivity contribution in [3.05, 3.63) is 18.1 Å². The SMILES string of the molecule is COc1nccnc1C(O)C(O)C(C)(C)C. The molecule has 0 saturated carbocycles. The molecule has 90 valence electrons. The largest absolute Gasteiger partial charge is 0.480 e. The zero-order valence-electron chi connectivity index (χ0n) is 10.0. The lowest BCUT2D eigenvalue weighted by Crippen LogP contribution is -2.33. The molecule has 0 aromatic carbocycles. The topological polar surface area (TPSA) is 75.5 Å². The third-order valence-corrected chi connectivity index (χ3v) is 2.35. The third-order valence-electron chi connectivity index (χ3n) is 2.35. The number of ether oxygens (including phenoxy) is 1. The van der Waals surface area contributed by atoms with Gasteiger partial charge in [-0.1, -0.05) is 20.8 Å². The van der Waals surface area contributed by atoms with Crippen LogP contribution < -0.4 is 4.74 Å². The number of rotatable bonds is 3. The quantitative estimate of drug-likeness (QED) is 0.801. The summed E-state index contributed by atoms with van der Waals surface area (Å²) in [5.74, 6) is 0.235. The molecular formula is C11H18N2O3. The molecule has 0 aliphatic rings. The van der Waals surface area contributed by atoms with Crippen LogP contribution in [-0.4, -0.2) is 33.4 Å². The molecule has 0 spiro atoms. The number of nitrogens with zero attached hydrogens (tertiary/aromatic N) is 2. The highest BCUT2D eigenvalue weighted by atomic mass is 16.5. The summed E-state index contributed by atoms with van der Waals surface area (Å²) in [5.41, 5.74) is -0.186. The number of aromatic nitrogens is 2. The molecule has 0 aliphatic heterocycles. The number of aliphatic hydroxyl groups excluding tert-OH is 2. The molecular weight excluding hydrogens is 208 g/mol. The van der Waals surface area contributed by atoms with E-state index in [9.17, 15) is 10.2 Å². The summed E-state index contributed by atoms with van der Waals surface area (Å²) in [6, 6.07) is 0. The predicted molar refractivity (Wildman–Crippen MR) is 59.0 cm³/mol. The molecule has 5 nitrogen and oxygen atoms in total. The summed E-state index contributed by atoms with van der Waals surface area (Å²) in [6.07, 6.45) is 0.886. The Morgan fingerprint density at radius 1 is 1.19 bits per heavy atom. The van der Waals surface area contributed by atoms with E-state index in [1.54, 1.807) is 0 Å². The molecule has 0 fully saturated rings. The van der Waals surface area contributed by atoms with Gasteiger partial charge in [0.1, 0.15) is 11.8 Å². The Hall–Kier alpha value is -1.20. The zero-order chi connectivity index (χ0) is 12.3. The average molecular weight is 226 g/mol. The Bertz CT molecular complexity index is 349. The van der Waals surface area contributed by atoms with Crippen LogP contribution in [0.15, 0.2) is 12.4 Å². The normalized spacial score (nSPS) is 15.6. The van der Waals surface area contributed by atoms with E-state index in [1.807, 2.05) is 20.8 Å². The molecule has 5 heteroatoms. The second-order valence-electron chi connectivity index (χ2n) is 4.71. The van der Waals surface area contributed by atoms with Gasteiger partial charge in [0.25, 0.3) is 0 Å². The van der Waals surface area contributed by atoms with E-state index in [0.29, 0.717) is 0 Å². The number of hydrogen-bond acceptors (Lipinski definition) is 5. The predicted octanol–water partition coefficient (Wildman–Crippen LogP) is 0.926. The number of aliphatic hydroxyl groups is 2. The Labute approximate surface area is 95.1 Å². The fourth-order valence-electron chi connectivity index (χ4n) is 1.32. The Kier molecular flexibility index (Phi) is 3.83. The van der Waals surface area contributed by atoms with E-state index in [4.69, 9.17) is 4.74 Å². The molecule has 1 aromatic heterocycles. The summed E-state index contributed by atoms with van der Waals surface area (Å²) < 4.78 is 4.98. The highest BCUT2D eigenvalue weighted by Gasteiger charge is 2.33. The summed E-state index contributed by atoms with van der Waals surface area (Å²) in [6.45, 7) is 5.51. The van der Waals surface area contributed by atoms with Crippen molar-refractivity contribution in [1.82, 2.24) is 9.97 Å². The van der Waals surface area contributed by atoms with Crippen LogP contribution in [0.1, 0.15) is 32.6 Å². The lowest BCUT2D eigenvalue weighted by molar-refractivity contribution is -0.0488. The zero-order valence-corrected chi connectivity index (χ0v) is 10.0. The molecule has 1 aromatic rings. The van der Waals surface area contributed by atoms with Gasteiger partial charge in [0.15, 0.2) is 0 Å². The van der Waals surface area contributed by atoms with Crippen molar-refractivity contribution in [2.24, 2.45) is 5.41 Å². The maximum atomic E-state index is 10.0. The number of methoxy groups -OCH3 is 1. The molecule has 0 aliphatic carbocycles. The Balaban J connectivity index is 3.00. The van der Waals surface area contributed by atoms with Gasteiger partial charge in [-0.15, -0.1) is 0 Å². The molecule has 0 saturated heterocycles. The standard InChI is InChI=1S/C11H18N2O3/c1-11(2,3)9(15)8(14)7-10(16-4)13-6-5-12-7/h5-6,8-9,14-15H,1-4H3. The first-order chi connectivity index (χ1) is 7.38.